The number of halogens is 1. The second-order valence-corrected chi connectivity index (χ2v) is 8.51. The lowest BCUT2D eigenvalue weighted by atomic mass is 9.73. The van der Waals surface area contributed by atoms with E-state index in [1.807, 2.05) is 30.0 Å². The molecule has 2 fully saturated rings. The average Bonchev–Trinajstić information content (AvgIpc) is 3.25. The van der Waals surface area contributed by atoms with Crippen LogP contribution in [0.1, 0.15) is 43.0 Å². The van der Waals surface area contributed by atoms with Gasteiger partial charge in [-0.05, 0) is 43.7 Å². The zero-order valence-electron chi connectivity index (χ0n) is 17.7. The lowest BCUT2D eigenvalue weighted by Crippen LogP contribution is -2.48. The summed E-state index contributed by atoms with van der Waals surface area (Å²) in [6.45, 7) is 1.74. The summed E-state index contributed by atoms with van der Waals surface area (Å²) in [4.78, 5) is 26.9. The molecule has 0 radical (unpaired) electrons. The molecule has 1 amide bonds. The molecule has 0 unspecified atom stereocenters. The van der Waals surface area contributed by atoms with Crippen LogP contribution in [-0.2, 0) is 16.0 Å². The van der Waals surface area contributed by atoms with Crippen LogP contribution in [0.2, 0.25) is 0 Å². The topological polar surface area (TPSA) is 58.6 Å². The van der Waals surface area contributed by atoms with Crippen molar-refractivity contribution in [3.05, 3.63) is 53.7 Å². The minimum atomic E-state index is -0.643. The van der Waals surface area contributed by atoms with Gasteiger partial charge in [-0.3, -0.25) is 9.78 Å². The third-order valence-electron chi connectivity index (χ3n) is 6.34. The molecule has 1 atom stereocenters. The highest BCUT2D eigenvalue weighted by molar-refractivity contribution is 5.84. The zero-order valence-corrected chi connectivity index (χ0v) is 17.7. The third-order valence-corrected chi connectivity index (χ3v) is 6.34. The fraction of sp³-hybridized carbons (Fsp3) is 0.522. The van der Waals surface area contributed by atoms with Crippen molar-refractivity contribution in [3.63, 3.8) is 0 Å². The Labute approximate surface area is 177 Å². The summed E-state index contributed by atoms with van der Waals surface area (Å²) >= 11 is 0. The Hall–Kier alpha value is -2.54. The van der Waals surface area contributed by atoms with Crippen LogP contribution in [-0.4, -0.2) is 54.6 Å². The number of hydrogen-bond acceptors (Lipinski definition) is 5. The van der Waals surface area contributed by atoms with Crippen molar-refractivity contribution in [2.24, 2.45) is 5.41 Å². The Balaban J connectivity index is 1.64. The van der Waals surface area contributed by atoms with Crippen LogP contribution in [0.3, 0.4) is 0 Å². The van der Waals surface area contributed by atoms with Gasteiger partial charge in [0.2, 0.25) is 5.91 Å². The van der Waals surface area contributed by atoms with E-state index in [-0.39, 0.29) is 17.8 Å². The summed E-state index contributed by atoms with van der Waals surface area (Å²) in [5, 5.41) is 0. The predicted octanol–water partition coefficient (Wildman–Crippen LogP) is 3.38. The highest BCUT2D eigenvalue weighted by Crippen LogP contribution is 2.41. The van der Waals surface area contributed by atoms with Gasteiger partial charge < -0.3 is 14.5 Å². The first kappa shape index (κ1) is 20.7. The van der Waals surface area contributed by atoms with Crippen LogP contribution >= 0.6 is 0 Å². The molecule has 6 nitrogen and oxygen atoms in total. The molecule has 0 N–H and O–H groups in total. The number of likely N-dealkylation sites (tertiary alicyclic amines) is 1. The lowest BCUT2D eigenvalue weighted by molar-refractivity contribution is -0.149. The fourth-order valence-electron chi connectivity index (χ4n) is 4.60. The summed E-state index contributed by atoms with van der Waals surface area (Å²) in [5.41, 5.74) is 0.772. The van der Waals surface area contributed by atoms with Crippen LogP contribution in [0, 0.1) is 11.2 Å². The number of ether oxygens (including phenoxy) is 1. The number of nitrogens with zero attached hydrogens (tertiary/aromatic N) is 4. The monoisotopic (exact) mass is 412 g/mol. The number of amides is 1. The van der Waals surface area contributed by atoms with E-state index in [9.17, 15) is 9.18 Å². The molecule has 2 aliphatic rings. The molecule has 2 saturated heterocycles. The molecule has 0 bridgehead atoms. The van der Waals surface area contributed by atoms with E-state index < -0.39 is 5.41 Å². The molecule has 2 aromatic rings. The van der Waals surface area contributed by atoms with Crippen LogP contribution < -0.4 is 4.90 Å². The molecule has 3 heterocycles. The second kappa shape index (κ2) is 8.68. The van der Waals surface area contributed by atoms with Crippen molar-refractivity contribution in [2.75, 3.05) is 38.8 Å². The number of rotatable bonds is 5. The Morgan fingerprint density at radius 3 is 2.77 bits per heavy atom. The molecular formula is C23H29FN4O2. The van der Waals surface area contributed by atoms with Crippen molar-refractivity contribution in [2.45, 2.75) is 38.1 Å². The van der Waals surface area contributed by atoms with E-state index in [1.165, 1.54) is 6.07 Å². The largest absolute Gasteiger partial charge is 0.381 e. The number of carbonyl (C=O) groups is 1. The maximum atomic E-state index is 14.4. The van der Waals surface area contributed by atoms with Crippen LogP contribution in [0.5, 0.6) is 0 Å². The van der Waals surface area contributed by atoms with Gasteiger partial charge in [-0.2, -0.15) is 0 Å². The minimum Gasteiger partial charge on any atom is -0.381 e. The van der Waals surface area contributed by atoms with E-state index in [1.54, 1.807) is 24.5 Å². The van der Waals surface area contributed by atoms with Gasteiger partial charge in [0.25, 0.3) is 0 Å². The number of aromatic nitrogens is 2. The van der Waals surface area contributed by atoms with E-state index in [0.717, 1.165) is 24.4 Å². The molecule has 160 valence electrons. The van der Waals surface area contributed by atoms with Crippen molar-refractivity contribution in [1.29, 1.82) is 0 Å². The van der Waals surface area contributed by atoms with Gasteiger partial charge in [0.15, 0.2) is 0 Å². The van der Waals surface area contributed by atoms with Crippen molar-refractivity contribution in [1.82, 2.24) is 14.9 Å². The van der Waals surface area contributed by atoms with E-state index in [0.29, 0.717) is 44.6 Å². The van der Waals surface area contributed by atoms with Gasteiger partial charge >= 0.3 is 0 Å². The normalized spacial score (nSPS) is 20.9. The molecule has 0 aliphatic carbocycles. The number of anilines is 1. The van der Waals surface area contributed by atoms with Gasteiger partial charge in [0.1, 0.15) is 11.6 Å². The van der Waals surface area contributed by atoms with E-state index >= 15 is 0 Å². The molecule has 2 aliphatic heterocycles. The van der Waals surface area contributed by atoms with Gasteiger partial charge in [0, 0.05) is 33.9 Å². The van der Waals surface area contributed by atoms with Gasteiger partial charge in [-0.1, -0.05) is 18.2 Å². The molecule has 1 aromatic heterocycles. The first-order valence-corrected chi connectivity index (χ1v) is 10.6. The summed E-state index contributed by atoms with van der Waals surface area (Å²) in [6, 6.07) is 6.67. The second-order valence-electron chi connectivity index (χ2n) is 8.51. The lowest BCUT2D eigenvalue weighted by Gasteiger charge is -2.40. The number of hydrogen-bond donors (Lipinski definition) is 0. The van der Waals surface area contributed by atoms with Crippen molar-refractivity contribution >= 4 is 11.7 Å². The quantitative estimate of drug-likeness (QED) is 0.754. The summed E-state index contributed by atoms with van der Waals surface area (Å²) in [7, 11) is 3.85. The average molecular weight is 413 g/mol. The highest BCUT2D eigenvalue weighted by atomic mass is 19.1. The number of carbonyl (C=O) groups excluding carboxylic acids is 1. The van der Waals surface area contributed by atoms with Gasteiger partial charge in [0.05, 0.1) is 29.5 Å². The third kappa shape index (κ3) is 4.03. The first-order chi connectivity index (χ1) is 14.5. The molecule has 7 heteroatoms. The molecular weight excluding hydrogens is 383 g/mol. The molecule has 1 aromatic carbocycles. The van der Waals surface area contributed by atoms with Crippen molar-refractivity contribution < 1.29 is 13.9 Å². The van der Waals surface area contributed by atoms with Crippen LogP contribution in [0.15, 0.2) is 36.7 Å². The smallest absolute Gasteiger partial charge is 0.229 e. The van der Waals surface area contributed by atoms with Gasteiger partial charge in [-0.15, -0.1) is 0 Å². The Kier molecular flexibility index (Phi) is 5.99. The predicted molar refractivity (Wildman–Crippen MR) is 113 cm³/mol. The van der Waals surface area contributed by atoms with E-state index in [2.05, 4.69) is 4.98 Å². The maximum absolute atomic E-state index is 14.4. The molecule has 30 heavy (non-hydrogen) atoms. The first-order valence-electron chi connectivity index (χ1n) is 10.6. The Morgan fingerprint density at radius 1 is 1.27 bits per heavy atom. The highest BCUT2D eigenvalue weighted by Gasteiger charge is 2.46. The minimum absolute atomic E-state index is 0.0913. The standard InChI is InChI=1S/C23H29FN4O2/c1-27(2)21-16-25-15-19(26-21)20-8-5-11-28(20)22(29)23(9-12-30-13-10-23)14-17-6-3-4-7-18(17)24/h3-4,6-7,15-16,20H,5,8-14H2,1-2H3/t20-/m0/s1. The van der Waals surface area contributed by atoms with Crippen LogP contribution in [0.25, 0.3) is 0 Å². The zero-order chi connectivity index (χ0) is 21.1. The summed E-state index contributed by atoms with van der Waals surface area (Å²) < 4.78 is 20.0. The van der Waals surface area contributed by atoms with E-state index in [4.69, 9.17) is 9.72 Å². The number of benzene rings is 1. The maximum Gasteiger partial charge on any atom is 0.229 e. The SMILES string of the molecule is CN(C)c1cncc([C@@H]2CCCN2C(=O)C2(Cc3ccccc3F)CCOCC2)n1. The Bertz CT molecular complexity index is 898. The van der Waals surface area contributed by atoms with Crippen LogP contribution in [0.4, 0.5) is 10.2 Å². The molecule has 0 spiro atoms. The van der Waals surface area contributed by atoms with Crippen molar-refractivity contribution in [3.8, 4) is 0 Å². The fourth-order valence-corrected chi connectivity index (χ4v) is 4.60. The Morgan fingerprint density at radius 2 is 2.03 bits per heavy atom. The van der Waals surface area contributed by atoms with Gasteiger partial charge in [-0.25, -0.2) is 9.37 Å². The molecule has 0 saturated carbocycles. The molecule has 4 rings (SSSR count). The summed E-state index contributed by atoms with van der Waals surface area (Å²) in [6.07, 6.45) is 6.88. The summed E-state index contributed by atoms with van der Waals surface area (Å²) in [5.74, 6) is 0.617.